The lowest BCUT2D eigenvalue weighted by atomic mass is 10.0. The predicted octanol–water partition coefficient (Wildman–Crippen LogP) is 4.41. The second kappa shape index (κ2) is 11.8. The summed E-state index contributed by atoms with van der Waals surface area (Å²) in [6.07, 6.45) is 1.99. The van der Waals surface area contributed by atoms with Gasteiger partial charge in [-0.15, -0.1) is 0 Å². The third-order valence-electron chi connectivity index (χ3n) is 5.27. The number of rotatable bonds is 8. The summed E-state index contributed by atoms with van der Waals surface area (Å²) in [4.78, 5) is 52.3. The van der Waals surface area contributed by atoms with Crippen molar-refractivity contribution in [2.45, 2.75) is 39.4 Å². The van der Waals surface area contributed by atoms with E-state index in [-0.39, 0.29) is 36.5 Å². The van der Waals surface area contributed by atoms with Gasteiger partial charge < -0.3 is 10.1 Å². The molecule has 1 heterocycles. The van der Waals surface area contributed by atoms with Crippen LogP contribution < -0.4 is 10.2 Å². The number of benzene rings is 2. The van der Waals surface area contributed by atoms with Gasteiger partial charge >= 0.3 is 5.97 Å². The standard InChI is InChI=1S/C27H30N2O5S/c1-5-34-25(32)16-29-23-15-20(19-9-7-6-8-10-19)11-12-21(23)14-22(28-24(31)13-17(2)3)26(27(29)33)35-18(4)30/h6-12,14-15,17,26H,5,13,16H2,1-4H3,(H,28,31)/t26-/m0/s1. The van der Waals surface area contributed by atoms with Crippen molar-refractivity contribution in [3.63, 3.8) is 0 Å². The fourth-order valence-electron chi connectivity index (χ4n) is 3.81. The third-order valence-corrected chi connectivity index (χ3v) is 6.29. The van der Waals surface area contributed by atoms with Crippen LogP contribution in [0.15, 0.2) is 54.2 Å². The minimum atomic E-state index is -1.01. The van der Waals surface area contributed by atoms with E-state index in [2.05, 4.69) is 5.32 Å². The van der Waals surface area contributed by atoms with Crippen LogP contribution in [0.2, 0.25) is 0 Å². The number of thioether (sulfide) groups is 1. The van der Waals surface area contributed by atoms with Gasteiger partial charge in [0, 0.05) is 24.6 Å². The van der Waals surface area contributed by atoms with Crippen LogP contribution in [-0.2, 0) is 23.9 Å². The van der Waals surface area contributed by atoms with E-state index in [1.807, 2.05) is 62.4 Å². The first-order chi connectivity index (χ1) is 16.7. The zero-order valence-corrected chi connectivity index (χ0v) is 21.2. The van der Waals surface area contributed by atoms with Gasteiger partial charge in [-0.1, -0.05) is 68.1 Å². The largest absolute Gasteiger partial charge is 0.465 e. The molecule has 0 bridgehead atoms. The Morgan fingerprint density at radius 2 is 1.80 bits per heavy atom. The van der Waals surface area contributed by atoms with Crippen LogP contribution in [-0.4, -0.2) is 41.3 Å². The molecule has 8 heteroatoms. The van der Waals surface area contributed by atoms with Crippen molar-refractivity contribution in [3.05, 3.63) is 59.8 Å². The molecule has 2 aromatic rings. The van der Waals surface area contributed by atoms with Gasteiger partial charge in [0.15, 0.2) is 5.12 Å². The molecule has 1 atom stereocenters. The highest BCUT2D eigenvalue weighted by Gasteiger charge is 2.36. The summed E-state index contributed by atoms with van der Waals surface area (Å²) < 4.78 is 5.12. The third kappa shape index (κ3) is 6.82. The quantitative estimate of drug-likeness (QED) is 0.547. The number of fused-ring (bicyclic) bond motifs is 1. The summed E-state index contributed by atoms with van der Waals surface area (Å²) >= 11 is 0.816. The molecule has 184 valence electrons. The Hall–Kier alpha value is -3.39. The summed E-state index contributed by atoms with van der Waals surface area (Å²) in [5.74, 6) is -1.15. The zero-order chi connectivity index (χ0) is 25.5. The first-order valence-electron chi connectivity index (χ1n) is 11.5. The van der Waals surface area contributed by atoms with E-state index < -0.39 is 17.1 Å². The molecule has 0 unspecified atom stereocenters. The highest BCUT2D eigenvalue weighted by Crippen LogP contribution is 2.36. The van der Waals surface area contributed by atoms with Gasteiger partial charge in [-0.3, -0.25) is 24.1 Å². The number of hydrogen-bond donors (Lipinski definition) is 1. The van der Waals surface area contributed by atoms with Crippen LogP contribution in [0.5, 0.6) is 0 Å². The molecule has 1 aliphatic heterocycles. The van der Waals surface area contributed by atoms with Crippen LogP contribution in [0, 0.1) is 5.92 Å². The maximum atomic E-state index is 13.8. The van der Waals surface area contributed by atoms with Gasteiger partial charge in [0.25, 0.3) is 0 Å². The van der Waals surface area contributed by atoms with Gasteiger partial charge in [0.2, 0.25) is 11.8 Å². The van der Waals surface area contributed by atoms with E-state index in [9.17, 15) is 19.2 Å². The Morgan fingerprint density at radius 3 is 2.43 bits per heavy atom. The topological polar surface area (TPSA) is 92.8 Å². The molecule has 0 radical (unpaired) electrons. The van der Waals surface area contributed by atoms with E-state index in [4.69, 9.17) is 4.74 Å². The molecular formula is C27H30N2O5S. The van der Waals surface area contributed by atoms with Crippen molar-refractivity contribution in [1.82, 2.24) is 5.32 Å². The average molecular weight is 495 g/mol. The minimum absolute atomic E-state index is 0.122. The highest BCUT2D eigenvalue weighted by atomic mass is 32.2. The maximum absolute atomic E-state index is 13.8. The van der Waals surface area contributed by atoms with Crippen molar-refractivity contribution < 1.29 is 23.9 Å². The number of anilines is 1. The summed E-state index contributed by atoms with van der Waals surface area (Å²) in [6, 6.07) is 15.3. The Balaban J connectivity index is 2.13. The Morgan fingerprint density at radius 1 is 1.09 bits per heavy atom. The molecule has 2 amide bonds. The van der Waals surface area contributed by atoms with E-state index in [0.717, 1.165) is 22.9 Å². The van der Waals surface area contributed by atoms with Crippen molar-refractivity contribution in [2.24, 2.45) is 5.92 Å². The van der Waals surface area contributed by atoms with Crippen LogP contribution in [0.1, 0.15) is 39.7 Å². The van der Waals surface area contributed by atoms with Gasteiger partial charge in [-0.05, 0) is 36.1 Å². The SMILES string of the molecule is CCOC(=O)CN1C(=O)[C@@H](SC(C)=O)C(NC(=O)CC(C)C)=Cc2ccc(-c3ccccc3)cc21. The summed E-state index contributed by atoms with van der Waals surface area (Å²) in [6.45, 7) is 6.78. The van der Waals surface area contributed by atoms with Crippen molar-refractivity contribution in [2.75, 3.05) is 18.1 Å². The van der Waals surface area contributed by atoms with E-state index in [1.54, 1.807) is 13.0 Å². The molecule has 0 spiro atoms. The predicted molar refractivity (Wildman–Crippen MR) is 138 cm³/mol. The van der Waals surface area contributed by atoms with Crippen LogP contribution in [0.3, 0.4) is 0 Å². The smallest absolute Gasteiger partial charge is 0.326 e. The summed E-state index contributed by atoms with van der Waals surface area (Å²) in [5, 5.41) is 1.56. The van der Waals surface area contributed by atoms with E-state index in [0.29, 0.717) is 16.9 Å². The average Bonchev–Trinajstić information content (AvgIpc) is 2.89. The van der Waals surface area contributed by atoms with E-state index in [1.165, 1.54) is 11.8 Å². The monoisotopic (exact) mass is 494 g/mol. The van der Waals surface area contributed by atoms with Gasteiger partial charge in [0.05, 0.1) is 12.3 Å². The normalized spacial score (nSPS) is 15.2. The number of carbonyl (C=O) groups excluding carboxylic acids is 4. The van der Waals surface area contributed by atoms with Crippen molar-refractivity contribution >= 4 is 46.4 Å². The molecule has 0 aliphatic carbocycles. The molecule has 35 heavy (non-hydrogen) atoms. The maximum Gasteiger partial charge on any atom is 0.326 e. The van der Waals surface area contributed by atoms with Crippen LogP contribution >= 0.6 is 11.8 Å². The molecule has 0 fully saturated rings. The number of amides is 2. The number of nitrogens with zero attached hydrogens (tertiary/aromatic N) is 1. The van der Waals surface area contributed by atoms with Crippen molar-refractivity contribution in [1.29, 1.82) is 0 Å². The number of carbonyl (C=O) groups is 4. The Labute approximate surface area is 209 Å². The first kappa shape index (κ1) is 26.2. The lowest BCUT2D eigenvalue weighted by Gasteiger charge is -2.26. The molecule has 0 saturated carbocycles. The fourth-order valence-corrected chi connectivity index (χ4v) is 4.62. The van der Waals surface area contributed by atoms with Crippen molar-refractivity contribution in [3.8, 4) is 11.1 Å². The second-order valence-electron chi connectivity index (χ2n) is 8.60. The number of nitrogens with one attached hydrogen (secondary N) is 1. The fraction of sp³-hybridized carbons (Fsp3) is 0.333. The number of esters is 1. The highest BCUT2D eigenvalue weighted by molar-refractivity contribution is 8.14. The lowest BCUT2D eigenvalue weighted by Crippen LogP contribution is -2.44. The summed E-state index contributed by atoms with van der Waals surface area (Å²) in [7, 11) is 0. The zero-order valence-electron chi connectivity index (χ0n) is 20.4. The molecular weight excluding hydrogens is 464 g/mol. The molecule has 7 nitrogen and oxygen atoms in total. The van der Waals surface area contributed by atoms with E-state index >= 15 is 0 Å². The van der Waals surface area contributed by atoms with Crippen LogP contribution in [0.4, 0.5) is 5.69 Å². The second-order valence-corrected chi connectivity index (χ2v) is 9.89. The molecule has 1 aliphatic rings. The number of ether oxygens (including phenoxy) is 1. The molecule has 2 aromatic carbocycles. The molecule has 0 saturated heterocycles. The van der Waals surface area contributed by atoms with Gasteiger partial charge in [-0.25, -0.2) is 0 Å². The Bertz CT molecular complexity index is 1140. The van der Waals surface area contributed by atoms with Crippen LogP contribution in [0.25, 0.3) is 17.2 Å². The molecule has 0 aromatic heterocycles. The lowest BCUT2D eigenvalue weighted by molar-refractivity contribution is -0.142. The van der Waals surface area contributed by atoms with Gasteiger partial charge in [-0.2, -0.15) is 0 Å². The minimum Gasteiger partial charge on any atom is -0.465 e. The molecule has 1 N–H and O–H groups in total. The Kier molecular flexibility index (Phi) is 8.87. The summed E-state index contributed by atoms with van der Waals surface area (Å²) in [5.41, 5.74) is 3.29. The van der Waals surface area contributed by atoms with Gasteiger partial charge in [0.1, 0.15) is 11.8 Å². The number of hydrogen-bond acceptors (Lipinski definition) is 6. The molecule has 3 rings (SSSR count). The first-order valence-corrected chi connectivity index (χ1v) is 12.4.